The maximum Gasteiger partial charge on any atom is 0.227 e. The van der Waals surface area contributed by atoms with Crippen LogP contribution in [0.4, 0.5) is 23.0 Å². The van der Waals surface area contributed by atoms with Gasteiger partial charge in [-0.2, -0.15) is 0 Å². The van der Waals surface area contributed by atoms with Gasteiger partial charge in [0, 0.05) is 44.5 Å². The van der Waals surface area contributed by atoms with E-state index >= 15 is 0 Å². The Hall–Kier alpha value is -3.03. The number of anilines is 4. The number of piperazine rings is 1. The van der Waals surface area contributed by atoms with Crippen LogP contribution in [0.1, 0.15) is 0 Å². The van der Waals surface area contributed by atoms with Gasteiger partial charge in [-0.25, -0.2) is 9.97 Å². The minimum atomic E-state index is 0.618. The number of hydrogen-bond acceptors (Lipinski definition) is 7. The van der Waals surface area contributed by atoms with Gasteiger partial charge in [0.2, 0.25) is 5.95 Å². The summed E-state index contributed by atoms with van der Waals surface area (Å²) in [5.41, 5.74) is 5.48. The lowest BCUT2D eigenvalue weighted by atomic mass is 10.1. The van der Waals surface area contributed by atoms with Crippen LogP contribution in [0.5, 0.6) is 0 Å². The first kappa shape index (κ1) is 19.9. The second-order valence-electron chi connectivity index (χ2n) is 7.80. The first-order valence-corrected chi connectivity index (χ1v) is 11.3. The molecule has 0 amide bonds. The summed E-state index contributed by atoms with van der Waals surface area (Å²) in [7, 11) is 2.18. The van der Waals surface area contributed by atoms with E-state index in [0.29, 0.717) is 5.95 Å². The van der Waals surface area contributed by atoms with E-state index < -0.39 is 0 Å². The number of nitrogens with zero attached hydrogens (tertiary/aromatic N) is 5. The highest BCUT2D eigenvalue weighted by Crippen LogP contribution is 2.45. The van der Waals surface area contributed by atoms with E-state index in [0.717, 1.165) is 60.3 Å². The Morgan fingerprint density at radius 1 is 1.03 bits per heavy atom. The number of hydrogen-bond donors (Lipinski definition) is 1. The largest absolute Gasteiger partial charge is 0.367 e. The Balaban J connectivity index is 1.46. The summed E-state index contributed by atoms with van der Waals surface area (Å²) in [4.78, 5) is 15.4. The Bertz CT molecular complexity index is 1090. The van der Waals surface area contributed by atoms with Gasteiger partial charge in [-0.05, 0) is 37.2 Å². The summed E-state index contributed by atoms with van der Waals surface area (Å²) in [5.74, 6) is 0.618. The van der Waals surface area contributed by atoms with Gasteiger partial charge in [0.05, 0.1) is 27.7 Å². The zero-order chi connectivity index (χ0) is 21.2. The molecule has 2 aliphatic heterocycles. The van der Waals surface area contributed by atoms with E-state index in [2.05, 4.69) is 86.6 Å². The van der Waals surface area contributed by atoms with Crippen molar-refractivity contribution in [3.05, 3.63) is 67.4 Å². The number of para-hydroxylation sites is 3. The van der Waals surface area contributed by atoms with E-state index in [4.69, 9.17) is 4.98 Å². The summed E-state index contributed by atoms with van der Waals surface area (Å²) >= 11 is 1.66. The molecule has 7 heteroatoms. The minimum absolute atomic E-state index is 0.618. The summed E-state index contributed by atoms with van der Waals surface area (Å²) in [5, 5.41) is 3.48. The molecule has 1 fully saturated rings. The number of likely N-dealkylation sites (N-methyl/N-ethyl adjacent to an activating group) is 1. The highest BCUT2D eigenvalue weighted by Gasteiger charge is 2.24. The Kier molecular flexibility index (Phi) is 5.53. The van der Waals surface area contributed by atoms with Gasteiger partial charge in [0.25, 0.3) is 0 Å². The molecule has 3 aromatic rings. The summed E-state index contributed by atoms with van der Waals surface area (Å²) in [6, 6.07) is 16.8. The lowest BCUT2D eigenvalue weighted by molar-refractivity contribution is 0.313. The SMILES string of the molecule is C=CCN1Sc2cnc(Nc3ccccc3N3CCN(C)CC3)nc2-c2ccccc21. The molecule has 0 saturated carbocycles. The summed E-state index contributed by atoms with van der Waals surface area (Å²) < 4.78 is 2.23. The monoisotopic (exact) mass is 430 g/mol. The fourth-order valence-electron chi connectivity index (χ4n) is 4.03. The maximum absolute atomic E-state index is 4.92. The van der Waals surface area contributed by atoms with Gasteiger partial charge < -0.3 is 19.4 Å². The summed E-state index contributed by atoms with van der Waals surface area (Å²) in [6.07, 6.45) is 3.83. The molecular weight excluding hydrogens is 404 g/mol. The standard InChI is InChI=1S/C24H26N6S/c1-3-12-30-20-10-6-4-8-18(20)23-22(31-30)17-25-24(27-23)26-19-9-5-7-11-21(19)29-15-13-28(2)14-16-29/h3-11,17H,1,12-16H2,2H3,(H,25,26,27). The van der Waals surface area contributed by atoms with E-state index in [9.17, 15) is 0 Å². The summed E-state index contributed by atoms with van der Waals surface area (Å²) in [6.45, 7) is 8.83. The third-order valence-corrected chi connectivity index (χ3v) is 6.74. The quantitative estimate of drug-likeness (QED) is 0.467. The smallest absolute Gasteiger partial charge is 0.227 e. The van der Waals surface area contributed by atoms with Crippen molar-refractivity contribution >= 4 is 35.0 Å². The van der Waals surface area contributed by atoms with Gasteiger partial charge >= 0.3 is 0 Å². The molecule has 2 aromatic carbocycles. The van der Waals surface area contributed by atoms with Crippen molar-refractivity contribution in [1.29, 1.82) is 0 Å². The fourth-order valence-corrected chi connectivity index (χ4v) is 5.04. The normalized spacial score (nSPS) is 15.9. The number of fused-ring (bicyclic) bond motifs is 3. The molecule has 0 unspecified atom stereocenters. The van der Waals surface area contributed by atoms with E-state index in [-0.39, 0.29) is 0 Å². The van der Waals surface area contributed by atoms with Crippen LogP contribution >= 0.6 is 11.9 Å². The van der Waals surface area contributed by atoms with Crippen LogP contribution in [0.25, 0.3) is 11.3 Å². The Morgan fingerprint density at radius 3 is 2.58 bits per heavy atom. The molecule has 2 aliphatic rings. The fraction of sp³-hybridized carbons (Fsp3) is 0.250. The van der Waals surface area contributed by atoms with Crippen molar-refractivity contribution in [2.75, 3.05) is 54.3 Å². The van der Waals surface area contributed by atoms with E-state index in [1.54, 1.807) is 11.9 Å². The molecule has 1 aromatic heterocycles. The topological polar surface area (TPSA) is 47.5 Å². The Morgan fingerprint density at radius 2 is 1.77 bits per heavy atom. The van der Waals surface area contributed by atoms with E-state index in [1.807, 2.05) is 12.3 Å². The van der Waals surface area contributed by atoms with Crippen LogP contribution in [-0.2, 0) is 0 Å². The van der Waals surface area contributed by atoms with Gasteiger partial charge in [0.1, 0.15) is 0 Å². The number of benzene rings is 2. The van der Waals surface area contributed by atoms with Gasteiger partial charge in [-0.3, -0.25) is 0 Å². The highest BCUT2D eigenvalue weighted by molar-refractivity contribution is 8.00. The molecule has 6 nitrogen and oxygen atoms in total. The number of aromatic nitrogens is 2. The number of nitrogens with one attached hydrogen (secondary N) is 1. The predicted molar refractivity (Wildman–Crippen MR) is 130 cm³/mol. The van der Waals surface area contributed by atoms with Crippen LogP contribution in [0.2, 0.25) is 0 Å². The van der Waals surface area contributed by atoms with Crippen LogP contribution in [0, 0.1) is 0 Å². The third-order valence-electron chi connectivity index (χ3n) is 5.68. The van der Waals surface area contributed by atoms with Crippen LogP contribution in [-0.4, -0.2) is 54.6 Å². The predicted octanol–water partition coefficient (Wildman–Crippen LogP) is 4.65. The molecule has 1 saturated heterocycles. The average Bonchev–Trinajstić information content (AvgIpc) is 2.81. The molecule has 31 heavy (non-hydrogen) atoms. The molecule has 3 heterocycles. The molecule has 0 aliphatic carbocycles. The molecule has 5 rings (SSSR count). The molecule has 1 N–H and O–H groups in total. The van der Waals surface area contributed by atoms with Crippen molar-refractivity contribution in [1.82, 2.24) is 14.9 Å². The molecule has 158 valence electrons. The zero-order valence-corrected chi connectivity index (χ0v) is 18.5. The first-order valence-electron chi connectivity index (χ1n) is 10.6. The second-order valence-corrected chi connectivity index (χ2v) is 8.86. The van der Waals surface area contributed by atoms with Crippen LogP contribution < -0.4 is 14.5 Å². The van der Waals surface area contributed by atoms with Crippen LogP contribution in [0.15, 0.2) is 72.3 Å². The molecule has 0 bridgehead atoms. The molecule has 0 atom stereocenters. The first-order chi connectivity index (χ1) is 15.2. The van der Waals surface area contributed by atoms with Crippen molar-refractivity contribution in [2.24, 2.45) is 0 Å². The maximum atomic E-state index is 4.92. The molecule has 0 spiro atoms. The zero-order valence-electron chi connectivity index (χ0n) is 17.7. The second kappa shape index (κ2) is 8.61. The van der Waals surface area contributed by atoms with Gasteiger partial charge in [0.15, 0.2) is 0 Å². The van der Waals surface area contributed by atoms with E-state index in [1.165, 1.54) is 5.69 Å². The van der Waals surface area contributed by atoms with Crippen molar-refractivity contribution in [2.45, 2.75) is 4.90 Å². The highest BCUT2D eigenvalue weighted by atomic mass is 32.2. The average molecular weight is 431 g/mol. The van der Waals surface area contributed by atoms with Gasteiger partial charge in [-0.15, -0.1) is 6.58 Å². The molecular formula is C24H26N6S. The van der Waals surface area contributed by atoms with Crippen molar-refractivity contribution < 1.29 is 0 Å². The lowest BCUT2D eigenvalue weighted by Crippen LogP contribution is -2.44. The molecule has 0 radical (unpaired) electrons. The van der Waals surface area contributed by atoms with Gasteiger partial charge in [-0.1, -0.05) is 36.4 Å². The number of rotatable bonds is 5. The minimum Gasteiger partial charge on any atom is -0.367 e. The van der Waals surface area contributed by atoms with Crippen molar-refractivity contribution in [3.8, 4) is 11.3 Å². The lowest BCUT2D eigenvalue weighted by Gasteiger charge is -2.35. The third kappa shape index (κ3) is 3.98. The Labute approximate surface area is 187 Å². The van der Waals surface area contributed by atoms with Crippen molar-refractivity contribution in [3.63, 3.8) is 0 Å². The van der Waals surface area contributed by atoms with Crippen LogP contribution in [0.3, 0.4) is 0 Å².